The second-order valence-corrected chi connectivity index (χ2v) is 8.15. The van der Waals surface area contributed by atoms with Crippen molar-refractivity contribution in [1.82, 2.24) is 21.3 Å². The van der Waals surface area contributed by atoms with Gasteiger partial charge in [0, 0.05) is 39.3 Å². The van der Waals surface area contributed by atoms with Crippen LogP contribution < -0.4 is 21.3 Å². The van der Waals surface area contributed by atoms with Crippen molar-refractivity contribution in [3.05, 3.63) is 108 Å². The monoisotopic (exact) mass is 458 g/mol. The molecule has 6 heteroatoms. The number of rotatable bonds is 14. The molecule has 4 N–H and O–H groups in total. The second-order valence-electron chi connectivity index (χ2n) is 8.15. The van der Waals surface area contributed by atoms with Crippen LogP contribution in [0.2, 0.25) is 0 Å². The normalized spacial score (nSPS) is 10.7. The number of hydrogen-bond acceptors (Lipinski definition) is 4. The molecule has 0 atom stereocenters. The molecule has 0 aliphatic heterocycles. The third-order valence-electron chi connectivity index (χ3n) is 5.46. The van der Waals surface area contributed by atoms with Crippen LogP contribution >= 0.6 is 0 Å². The summed E-state index contributed by atoms with van der Waals surface area (Å²) in [4.78, 5) is 25.8. The molecule has 0 bridgehead atoms. The van der Waals surface area contributed by atoms with E-state index in [2.05, 4.69) is 45.5 Å². The van der Waals surface area contributed by atoms with Crippen LogP contribution in [0.15, 0.2) is 91.0 Å². The fourth-order valence-corrected chi connectivity index (χ4v) is 3.61. The molecular formula is C28H34N4O2. The highest BCUT2D eigenvalue weighted by Gasteiger charge is 2.26. The first-order chi connectivity index (χ1) is 16.7. The number of carbonyl (C=O) groups excluding carboxylic acids is 2. The van der Waals surface area contributed by atoms with Crippen LogP contribution in [0.1, 0.15) is 16.7 Å². The number of amides is 2. The van der Waals surface area contributed by atoms with Crippen LogP contribution in [-0.4, -0.2) is 38.0 Å². The summed E-state index contributed by atoms with van der Waals surface area (Å²) in [5.74, 6) is -1.27. The molecule has 0 radical (unpaired) electrons. The van der Waals surface area contributed by atoms with Crippen LogP contribution in [0.25, 0.3) is 0 Å². The van der Waals surface area contributed by atoms with E-state index in [1.54, 1.807) is 0 Å². The van der Waals surface area contributed by atoms with E-state index in [1.165, 1.54) is 11.1 Å². The molecule has 6 nitrogen and oxygen atoms in total. The van der Waals surface area contributed by atoms with Gasteiger partial charge in [-0.2, -0.15) is 0 Å². The van der Waals surface area contributed by atoms with Gasteiger partial charge in [0.1, 0.15) is 5.92 Å². The van der Waals surface area contributed by atoms with Crippen LogP contribution in [0.3, 0.4) is 0 Å². The summed E-state index contributed by atoms with van der Waals surface area (Å²) in [5, 5.41) is 12.5. The standard InChI is InChI=1S/C28H34N4O2/c33-27(31-18-16-29-21-24-12-6-2-7-13-24)26(20-23-10-4-1-5-11-23)28(34)32-19-17-30-22-25-14-8-3-9-15-25/h1-15,26,29-30H,16-22H2,(H,31,33)(H,32,34). The fourth-order valence-electron chi connectivity index (χ4n) is 3.61. The minimum Gasteiger partial charge on any atom is -0.354 e. The van der Waals surface area contributed by atoms with Gasteiger partial charge in [0.15, 0.2) is 0 Å². The largest absolute Gasteiger partial charge is 0.354 e. The lowest BCUT2D eigenvalue weighted by Gasteiger charge is -2.17. The van der Waals surface area contributed by atoms with Crippen molar-refractivity contribution in [1.29, 1.82) is 0 Å². The summed E-state index contributed by atoms with van der Waals surface area (Å²) < 4.78 is 0. The third-order valence-corrected chi connectivity index (χ3v) is 5.46. The zero-order valence-corrected chi connectivity index (χ0v) is 19.5. The molecule has 0 aromatic heterocycles. The Labute approximate surface area is 202 Å². The summed E-state index contributed by atoms with van der Waals surface area (Å²) in [6, 6.07) is 29.9. The van der Waals surface area contributed by atoms with E-state index in [9.17, 15) is 9.59 Å². The lowest BCUT2D eigenvalue weighted by atomic mass is 9.97. The molecule has 3 rings (SSSR count). The molecule has 34 heavy (non-hydrogen) atoms. The van der Waals surface area contributed by atoms with Gasteiger partial charge in [-0.25, -0.2) is 0 Å². The Kier molecular flexibility index (Phi) is 10.8. The van der Waals surface area contributed by atoms with Gasteiger partial charge in [-0.15, -0.1) is 0 Å². The maximum Gasteiger partial charge on any atom is 0.232 e. The molecule has 0 heterocycles. The van der Waals surface area contributed by atoms with Crippen LogP contribution in [-0.2, 0) is 29.1 Å². The average molecular weight is 459 g/mol. The second kappa shape index (κ2) is 14.6. The van der Waals surface area contributed by atoms with Gasteiger partial charge < -0.3 is 21.3 Å². The number of benzene rings is 3. The molecule has 0 aliphatic rings. The van der Waals surface area contributed by atoms with Crippen LogP contribution in [0.5, 0.6) is 0 Å². The molecule has 0 spiro atoms. The quantitative estimate of drug-likeness (QED) is 0.221. The third kappa shape index (κ3) is 9.17. The van der Waals surface area contributed by atoms with Crippen molar-refractivity contribution >= 4 is 11.8 Å². The minimum absolute atomic E-state index is 0.250. The van der Waals surface area contributed by atoms with Crippen LogP contribution in [0.4, 0.5) is 0 Å². The summed E-state index contributed by atoms with van der Waals surface area (Å²) in [6.07, 6.45) is 0.368. The van der Waals surface area contributed by atoms with E-state index in [0.717, 1.165) is 18.7 Å². The Hall–Kier alpha value is -3.48. The minimum atomic E-state index is -0.773. The zero-order chi connectivity index (χ0) is 23.8. The maximum atomic E-state index is 12.9. The van der Waals surface area contributed by atoms with E-state index in [4.69, 9.17) is 0 Å². The van der Waals surface area contributed by atoms with E-state index >= 15 is 0 Å². The van der Waals surface area contributed by atoms with E-state index in [0.29, 0.717) is 32.6 Å². The first-order valence-electron chi connectivity index (χ1n) is 11.8. The molecule has 2 amide bonds. The fraction of sp³-hybridized carbons (Fsp3) is 0.286. The number of carbonyl (C=O) groups is 2. The lowest BCUT2D eigenvalue weighted by molar-refractivity contribution is -0.135. The van der Waals surface area contributed by atoms with E-state index in [-0.39, 0.29) is 11.8 Å². The van der Waals surface area contributed by atoms with Gasteiger partial charge in [0.2, 0.25) is 11.8 Å². The Morgan fingerprint density at radius 1 is 0.529 bits per heavy atom. The van der Waals surface area contributed by atoms with Gasteiger partial charge >= 0.3 is 0 Å². The highest BCUT2D eigenvalue weighted by atomic mass is 16.2. The van der Waals surface area contributed by atoms with Crippen molar-refractivity contribution in [2.75, 3.05) is 26.2 Å². The molecule has 0 aliphatic carbocycles. The summed E-state index contributed by atoms with van der Waals surface area (Å²) in [7, 11) is 0. The van der Waals surface area contributed by atoms with Gasteiger partial charge in [-0.05, 0) is 23.1 Å². The van der Waals surface area contributed by atoms with Gasteiger partial charge in [0.25, 0.3) is 0 Å². The van der Waals surface area contributed by atoms with E-state index in [1.807, 2.05) is 66.7 Å². The van der Waals surface area contributed by atoms with Crippen molar-refractivity contribution in [2.45, 2.75) is 19.5 Å². The van der Waals surface area contributed by atoms with Crippen molar-refractivity contribution in [3.8, 4) is 0 Å². The van der Waals surface area contributed by atoms with Gasteiger partial charge in [-0.3, -0.25) is 9.59 Å². The lowest BCUT2D eigenvalue weighted by Crippen LogP contribution is -2.45. The van der Waals surface area contributed by atoms with Crippen molar-refractivity contribution < 1.29 is 9.59 Å². The number of nitrogens with one attached hydrogen (secondary N) is 4. The summed E-state index contributed by atoms with van der Waals surface area (Å²) in [6.45, 7) is 3.65. The molecule has 0 fully saturated rings. The first kappa shape index (κ1) is 25.1. The molecule has 3 aromatic carbocycles. The Bertz CT molecular complexity index is 920. The van der Waals surface area contributed by atoms with Crippen molar-refractivity contribution in [3.63, 3.8) is 0 Å². The maximum absolute atomic E-state index is 12.9. The van der Waals surface area contributed by atoms with Gasteiger partial charge in [-0.1, -0.05) is 91.0 Å². The van der Waals surface area contributed by atoms with E-state index < -0.39 is 5.92 Å². The summed E-state index contributed by atoms with van der Waals surface area (Å²) >= 11 is 0. The molecular weight excluding hydrogens is 424 g/mol. The van der Waals surface area contributed by atoms with Crippen molar-refractivity contribution in [2.24, 2.45) is 5.92 Å². The summed E-state index contributed by atoms with van der Waals surface area (Å²) in [5.41, 5.74) is 3.34. The molecule has 3 aromatic rings. The highest BCUT2D eigenvalue weighted by molar-refractivity contribution is 6.00. The first-order valence-corrected chi connectivity index (χ1v) is 11.8. The predicted molar refractivity (Wildman–Crippen MR) is 136 cm³/mol. The molecule has 0 unspecified atom stereocenters. The topological polar surface area (TPSA) is 82.3 Å². The Morgan fingerprint density at radius 2 is 0.912 bits per heavy atom. The smallest absolute Gasteiger partial charge is 0.232 e. The molecule has 0 saturated heterocycles. The number of hydrogen-bond donors (Lipinski definition) is 4. The predicted octanol–water partition coefficient (Wildman–Crippen LogP) is 2.66. The molecule has 0 saturated carbocycles. The zero-order valence-electron chi connectivity index (χ0n) is 19.5. The Morgan fingerprint density at radius 3 is 1.32 bits per heavy atom. The van der Waals surface area contributed by atoms with Crippen LogP contribution in [0, 0.1) is 5.92 Å². The average Bonchev–Trinajstić information content (AvgIpc) is 2.88. The molecule has 178 valence electrons. The van der Waals surface area contributed by atoms with Gasteiger partial charge in [0.05, 0.1) is 0 Å². The Balaban J connectivity index is 1.43. The SMILES string of the molecule is O=C(NCCNCc1ccccc1)C(Cc1ccccc1)C(=O)NCCNCc1ccccc1. The highest BCUT2D eigenvalue weighted by Crippen LogP contribution is 2.09.